The number of hydrogen-bond acceptors (Lipinski definition) is 4. The smallest absolute Gasteiger partial charge is 0.293 e. The Kier molecular flexibility index (Phi) is 3.77. The molecule has 1 aliphatic rings. The van der Waals surface area contributed by atoms with Crippen molar-refractivity contribution < 1.29 is 14.7 Å². The fourth-order valence-corrected chi connectivity index (χ4v) is 3.15. The van der Waals surface area contributed by atoms with Crippen LogP contribution in [-0.2, 0) is 4.79 Å². The van der Waals surface area contributed by atoms with Crippen LogP contribution in [0.3, 0.4) is 0 Å². The van der Waals surface area contributed by atoms with E-state index in [1.54, 1.807) is 37.3 Å². The average molecular weight is 314 g/mol. The number of imide groups is 1. The molecule has 112 valence electrons. The number of aromatic nitrogens is 1. The van der Waals surface area contributed by atoms with E-state index in [2.05, 4.69) is 0 Å². The van der Waals surface area contributed by atoms with Gasteiger partial charge in [-0.15, -0.1) is 0 Å². The highest BCUT2D eigenvalue weighted by atomic mass is 32.2. The van der Waals surface area contributed by atoms with Crippen molar-refractivity contribution in [3.05, 3.63) is 53.2 Å². The second-order valence-corrected chi connectivity index (χ2v) is 5.74. The Morgan fingerprint density at radius 2 is 1.91 bits per heavy atom. The fourth-order valence-electron chi connectivity index (χ4n) is 2.27. The number of carbonyl (C=O) groups excluding carboxylic acids is 2. The van der Waals surface area contributed by atoms with Gasteiger partial charge in [0.15, 0.2) is 0 Å². The summed E-state index contributed by atoms with van der Waals surface area (Å²) in [5.74, 6) is -0.0579. The van der Waals surface area contributed by atoms with E-state index in [0.717, 1.165) is 23.1 Å². The Balaban J connectivity index is 1.96. The first kappa shape index (κ1) is 14.5. The molecule has 6 heteroatoms. The Hall–Kier alpha value is -2.47. The number of carbonyl (C=O) groups is 2. The lowest BCUT2D eigenvalue weighted by Gasteiger charge is -2.08. The van der Waals surface area contributed by atoms with E-state index in [-0.39, 0.29) is 16.9 Å². The Bertz CT molecular complexity index is 762. The first-order valence-electron chi connectivity index (χ1n) is 6.82. The summed E-state index contributed by atoms with van der Waals surface area (Å²) in [5, 5.41) is 9.13. The molecule has 0 spiro atoms. The number of phenolic OH excluding ortho intramolecular Hbond substituents is 1. The van der Waals surface area contributed by atoms with Gasteiger partial charge >= 0.3 is 0 Å². The van der Waals surface area contributed by atoms with Crippen molar-refractivity contribution in [1.82, 2.24) is 9.47 Å². The molecular weight excluding hydrogens is 300 g/mol. The number of aromatic hydroxyl groups is 1. The van der Waals surface area contributed by atoms with Crippen LogP contribution in [0.2, 0.25) is 0 Å². The van der Waals surface area contributed by atoms with Crippen LogP contribution in [0.25, 0.3) is 11.8 Å². The Morgan fingerprint density at radius 3 is 2.55 bits per heavy atom. The molecule has 1 saturated heterocycles. The fraction of sp³-hybridized carbons (Fsp3) is 0.125. The first-order chi connectivity index (χ1) is 10.6. The minimum Gasteiger partial charge on any atom is -0.508 e. The van der Waals surface area contributed by atoms with E-state index in [1.807, 2.05) is 22.9 Å². The molecule has 0 aliphatic carbocycles. The largest absolute Gasteiger partial charge is 0.508 e. The molecule has 1 aromatic carbocycles. The van der Waals surface area contributed by atoms with Gasteiger partial charge in [0.1, 0.15) is 5.75 Å². The number of amides is 2. The lowest BCUT2D eigenvalue weighted by atomic mass is 10.3. The normalized spacial score (nSPS) is 16.8. The second kappa shape index (κ2) is 5.73. The van der Waals surface area contributed by atoms with Gasteiger partial charge in [0.2, 0.25) is 0 Å². The summed E-state index contributed by atoms with van der Waals surface area (Å²) < 4.78 is 1.89. The summed E-state index contributed by atoms with van der Waals surface area (Å²) in [7, 11) is 0. The van der Waals surface area contributed by atoms with Gasteiger partial charge in [-0.2, -0.15) is 0 Å². The van der Waals surface area contributed by atoms with Gasteiger partial charge in [0.05, 0.1) is 4.91 Å². The monoisotopic (exact) mass is 314 g/mol. The van der Waals surface area contributed by atoms with Crippen LogP contribution in [0.15, 0.2) is 47.5 Å². The number of thioether (sulfide) groups is 1. The molecule has 0 saturated carbocycles. The molecule has 2 heterocycles. The summed E-state index contributed by atoms with van der Waals surface area (Å²) in [4.78, 5) is 25.5. The van der Waals surface area contributed by atoms with Crippen molar-refractivity contribution in [2.75, 3.05) is 6.54 Å². The topological polar surface area (TPSA) is 62.5 Å². The van der Waals surface area contributed by atoms with Gasteiger partial charge in [0, 0.05) is 24.1 Å². The Morgan fingerprint density at radius 1 is 1.18 bits per heavy atom. The molecule has 1 aliphatic heterocycles. The van der Waals surface area contributed by atoms with Gasteiger partial charge in [-0.1, -0.05) is 0 Å². The van der Waals surface area contributed by atoms with Crippen LogP contribution < -0.4 is 0 Å². The van der Waals surface area contributed by atoms with Crippen molar-refractivity contribution in [1.29, 1.82) is 0 Å². The van der Waals surface area contributed by atoms with E-state index in [1.165, 1.54) is 4.90 Å². The quantitative estimate of drug-likeness (QED) is 0.884. The minimum atomic E-state index is -0.254. The van der Waals surface area contributed by atoms with Crippen molar-refractivity contribution in [3.63, 3.8) is 0 Å². The lowest BCUT2D eigenvalue weighted by Crippen LogP contribution is -2.27. The molecule has 1 fully saturated rings. The first-order valence-corrected chi connectivity index (χ1v) is 7.64. The SMILES string of the molecule is CCN1C(=O)S/C(=C\c2cccn2-c2ccc(O)cc2)C1=O. The van der Waals surface area contributed by atoms with Crippen molar-refractivity contribution in [3.8, 4) is 11.4 Å². The van der Waals surface area contributed by atoms with Crippen LogP contribution in [0.1, 0.15) is 12.6 Å². The summed E-state index contributed by atoms with van der Waals surface area (Å²) in [6, 6.07) is 10.5. The van der Waals surface area contributed by atoms with E-state index in [4.69, 9.17) is 0 Å². The van der Waals surface area contributed by atoms with Crippen molar-refractivity contribution in [2.24, 2.45) is 0 Å². The van der Waals surface area contributed by atoms with Crippen molar-refractivity contribution in [2.45, 2.75) is 6.92 Å². The average Bonchev–Trinajstić information content (AvgIpc) is 3.06. The maximum absolute atomic E-state index is 12.1. The van der Waals surface area contributed by atoms with Gasteiger partial charge in [-0.3, -0.25) is 14.5 Å². The molecule has 22 heavy (non-hydrogen) atoms. The molecule has 2 amide bonds. The van der Waals surface area contributed by atoms with Gasteiger partial charge in [-0.05, 0) is 61.2 Å². The molecule has 0 unspecified atom stereocenters. The third-order valence-corrected chi connectivity index (χ3v) is 4.28. The highest BCUT2D eigenvalue weighted by molar-refractivity contribution is 8.18. The molecule has 5 nitrogen and oxygen atoms in total. The zero-order valence-electron chi connectivity index (χ0n) is 11.9. The molecule has 1 N–H and O–H groups in total. The third kappa shape index (κ3) is 2.53. The number of rotatable bonds is 3. The Labute approximate surface area is 131 Å². The van der Waals surface area contributed by atoms with Crippen LogP contribution >= 0.6 is 11.8 Å². The zero-order valence-corrected chi connectivity index (χ0v) is 12.7. The lowest BCUT2D eigenvalue weighted by molar-refractivity contribution is -0.122. The van der Waals surface area contributed by atoms with Crippen LogP contribution in [0.4, 0.5) is 4.79 Å². The maximum Gasteiger partial charge on any atom is 0.293 e. The van der Waals surface area contributed by atoms with Crippen molar-refractivity contribution >= 4 is 29.0 Å². The van der Waals surface area contributed by atoms with Crippen LogP contribution in [-0.4, -0.2) is 32.3 Å². The summed E-state index contributed by atoms with van der Waals surface area (Å²) in [5.41, 5.74) is 1.66. The third-order valence-electron chi connectivity index (χ3n) is 3.38. The number of likely N-dealkylation sites (N-methyl/N-ethyl adjacent to an activating group) is 1. The zero-order chi connectivity index (χ0) is 15.7. The number of phenols is 1. The van der Waals surface area contributed by atoms with E-state index < -0.39 is 0 Å². The summed E-state index contributed by atoms with van der Waals surface area (Å²) in [6.07, 6.45) is 3.58. The molecule has 0 bridgehead atoms. The molecule has 0 atom stereocenters. The van der Waals surface area contributed by atoms with Gasteiger partial charge in [0.25, 0.3) is 11.1 Å². The number of hydrogen-bond donors (Lipinski definition) is 1. The number of nitrogens with zero attached hydrogens (tertiary/aromatic N) is 2. The molecular formula is C16H14N2O3S. The number of benzene rings is 1. The molecule has 3 rings (SSSR count). The summed E-state index contributed by atoms with van der Waals surface area (Å²) in [6.45, 7) is 2.15. The highest BCUT2D eigenvalue weighted by Crippen LogP contribution is 2.32. The standard InChI is InChI=1S/C16H14N2O3S/c1-2-17-15(20)14(22-16(17)21)10-12-4-3-9-18(12)11-5-7-13(19)8-6-11/h3-10,19H,2H2,1H3/b14-10-. The molecule has 1 aromatic heterocycles. The summed E-state index contributed by atoms with van der Waals surface area (Å²) >= 11 is 0.956. The maximum atomic E-state index is 12.1. The van der Waals surface area contributed by atoms with E-state index >= 15 is 0 Å². The van der Waals surface area contributed by atoms with E-state index in [0.29, 0.717) is 11.4 Å². The van der Waals surface area contributed by atoms with Gasteiger partial charge in [-0.25, -0.2) is 0 Å². The predicted molar refractivity (Wildman–Crippen MR) is 85.8 cm³/mol. The van der Waals surface area contributed by atoms with Crippen LogP contribution in [0.5, 0.6) is 5.75 Å². The molecule has 2 aromatic rings. The minimum absolute atomic E-state index is 0.196. The van der Waals surface area contributed by atoms with Crippen LogP contribution in [0, 0.1) is 0 Å². The van der Waals surface area contributed by atoms with E-state index in [9.17, 15) is 14.7 Å². The highest BCUT2D eigenvalue weighted by Gasteiger charge is 2.33. The predicted octanol–water partition coefficient (Wildman–Crippen LogP) is 3.24. The molecule has 0 radical (unpaired) electrons. The van der Waals surface area contributed by atoms with Gasteiger partial charge < -0.3 is 9.67 Å². The second-order valence-electron chi connectivity index (χ2n) is 4.75.